The smallest absolute Gasteiger partial charge is 0.526 e. The van der Waals surface area contributed by atoms with Gasteiger partial charge in [0.1, 0.15) is 23.4 Å². The molecular weight excluding hydrogens is 562 g/mol. The number of para-hydroxylation sites is 1. The molecule has 0 aliphatic carbocycles. The first-order valence-corrected chi connectivity index (χ1v) is 14.1. The predicted molar refractivity (Wildman–Crippen MR) is 153 cm³/mol. The van der Waals surface area contributed by atoms with Gasteiger partial charge < -0.3 is 30.4 Å². The third-order valence-corrected chi connectivity index (χ3v) is 7.49. The summed E-state index contributed by atoms with van der Waals surface area (Å²) in [6.45, 7) is 4.00. The molecule has 1 unspecified atom stereocenters. The van der Waals surface area contributed by atoms with Crippen molar-refractivity contribution in [3.8, 4) is 11.5 Å². The number of rotatable bonds is 11. The molecule has 4 N–H and O–H groups in total. The highest BCUT2D eigenvalue weighted by atomic mass is 19.1. The van der Waals surface area contributed by atoms with E-state index in [-0.39, 0.29) is 61.9 Å². The quantitative estimate of drug-likeness (QED) is 0.151. The molecule has 0 radical (unpaired) electrons. The van der Waals surface area contributed by atoms with Crippen LogP contribution < -0.4 is 20.4 Å². The summed E-state index contributed by atoms with van der Waals surface area (Å²) in [6, 6.07) is 6.15. The van der Waals surface area contributed by atoms with Gasteiger partial charge in [0.25, 0.3) is 0 Å². The molecule has 12 nitrogen and oxygen atoms in total. The summed E-state index contributed by atoms with van der Waals surface area (Å²) in [6.07, 6.45) is 0.369. The molecule has 2 aliphatic heterocycles. The number of halogens is 1. The summed E-state index contributed by atoms with van der Waals surface area (Å²) >= 11 is 0. The number of carbonyl (C=O) groups is 5. The van der Waals surface area contributed by atoms with E-state index in [1.54, 1.807) is 25.1 Å². The van der Waals surface area contributed by atoms with Gasteiger partial charge in [-0.05, 0) is 57.0 Å². The van der Waals surface area contributed by atoms with Crippen molar-refractivity contribution in [2.45, 2.75) is 45.0 Å². The number of fused-ring (bicyclic) bond motifs is 1. The van der Waals surface area contributed by atoms with Gasteiger partial charge in [-0.25, -0.2) is 9.18 Å². The molecule has 2 atom stereocenters. The number of carbonyl (C=O) groups excluding carboxylic acids is 5. The van der Waals surface area contributed by atoms with Crippen molar-refractivity contribution in [2.75, 3.05) is 32.8 Å². The predicted octanol–water partition coefficient (Wildman–Crippen LogP) is 1.64. The summed E-state index contributed by atoms with van der Waals surface area (Å²) in [4.78, 5) is 65.9. The zero-order chi connectivity index (χ0) is 31.3. The molecule has 14 heteroatoms. The maximum Gasteiger partial charge on any atom is 0.526 e. The summed E-state index contributed by atoms with van der Waals surface area (Å²) < 4.78 is 26.5. The van der Waals surface area contributed by atoms with Crippen molar-refractivity contribution in [1.82, 2.24) is 15.1 Å². The van der Waals surface area contributed by atoms with Gasteiger partial charge in [0.2, 0.25) is 0 Å². The first-order chi connectivity index (χ1) is 20.5. The summed E-state index contributed by atoms with van der Waals surface area (Å²) in [5, 5.41) is 13.2. The fraction of sp³-hybridized carbons (Fsp3) is 0.414. The minimum atomic E-state index is -1.57. The van der Waals surface area contributed by atoms with Gasteiger partial charge in [0, 0.05) is 43.5 Å². The number of benzene rings is 2. The normalized spacial score (nSPS) is 17.2. The molecule has 2 heterocycles. The Balaban J connectivity index is 1.59. The largest absolute Gasteiger partial charge is 0.535 e. The number of nitrogens with one attached hydrogen (secondary N) is 1. The lowest BCUT2D eigenvalue weighted by Crippen LogP contribution is -2.58. The number of likely N-dealkylation sites (N-methyl/N-ethyl adjacent to an activating group) is 1. The Morgan fingerprint density at radius 1 is 1.21 bits per heavy atom. The van der Waals surface area contributed by atoms with Crippen molar-refractivity contribution in [3.63, 3.8) is 0 Å². The summed E-state index contributed by atoms with van der Waals surface area (Å²) in [5.74, 6) is -4.05. The Hall–Kier alpha value is -4.30. The van der Waals surface area contributed by atoms with E-state index in [1.165, 1.54) is 24.0 Å². The number of piperazine rings is 1. The zero-order valence-corrected chi connectivity index (χ0v) is 24.0. The van der Waals surface area contributed by atoms with Crippen LogP contribution in [0, 0.1) is 5.82 Å². The lowest BCUT2D eigenvalue weighted by Gasteiger charge is -2.33. The third kappa shape index (κ3) is 7.03. The zero-order valence-electron chi connectivity index (χ0n) is 24.0. The number of ketones is 2. The van der Waals surface area contributed by atoms with Crippen molar-refractivity contribution in [2.24, 2.45) is 5.73 Å². The standard InChI is InChI=1S/C29H34BFN4O8/c1-3-34-11-12-35(28(39)27(34)38)29(40)33-25(22-9-8-20(16-23(22)31)42-13-5-10-32)24(37)15-19-14-18-6-4-7-21(17(2)36)26(18)43-30(19)41/h4,6-9,16,19,25,41H,3,5,10-15,32H2,1-2H3,(H,33,40)/t19-,25?/m1/s1. The van der Waals surface area contributed by atoms with E-state index in [0.717, 1.165) is 6.07 Å². The Labute approximate surface area is 248 Å². The minimum Gasteiger partial charge on any atom is -0.535 e. The topological polar surface area (TPSA) is 169 Å². The molecule has 0 spiro atoms. The third-order valence-electron chi connectivity index (χ3n) is 7.49. The van der Waals surface area contributed by atoms with Gasteiger partial charge in [-0.15, -0.1) is 0 Å². The van der Waals surface area contributed by atoms with Crippen LogP contribution in [0.3, 0.4) is 0 Å². The van der Waals surface area contributed by atoms with Gasteiger partial charge in [-0.1, -0.05) is 12.1 Å². The number of nitrogens with zero attached hydrogens (tertiary/aromatic N) is 2. The minimum absolute atomic E-state index is 0.105. The average Bonchev–Trinajstić information content (AvgIpc) is 2.97. The lowest BCUT2D eigenvalue weighted by molar-refractivity contribution is -0.153. The second-order valence-corrected chi connectivity index (χ2v) is 10.4. The van der Waals surface area contributed by atoms with Crippen LogP contribution in [0.2, 0.25) is 5.82 Å². The number of urea groups is 1. The molecule has 2 aliphatic rings. The molecule has 1 fully saturated rings. The first kappa shape index (κ1) is 31.6. The molecule has 228 valence electrons. The molecule has 0 saturated carbocycles. The molecule has 4 amide bonds. The second kappa shape index (κ2) is 13.8. The van der Waals surface area contributed by atoms with E-state index >= 15 is 4.39 Å². The Bertz CT molecular complexity index is 1420. The summed E-state index contributed by atoms with van der Waals surface area (Å²) in [5.41, 5.74) is 6.18. The van der Waals surface area contributed by atoms with E-state index in [0.29, 0.717) is 29.0 Å². The van der Waals surface area contributed by atoms with Gasteiger partial charge in [0.05, 0.1) is 12.2 Å². The highest BCUT2D eigenvalue weighted by Gasteiger charge is 2.41. The Morgan fingerprint density at radius 2 is 1.98 bits per heavy atom. The van der Waals surface area contributed by atoms with Crippen LogP contribution in [0.4, 0.5) is 9.18 Å². The maximum absolute atomic E-state index is 15.4. The maximum atomic E-state index is 15.4. The van der Waals surface area contributed by atoms with Crippen molar-refractivity contribution in [3.05, 3.63) is 58.9 Å². The van der Waals surface area contributed by atoms with E-state index in [1.807, 2.05) is 0 Å². The molecule has 43 heavy (non-hydrogen) atoms. The van der Waals surface area contributed by atoms with E-state index in [9.17, 15) is 29.0 Å². The molecular formula is C29H34BFN4O8. The van der Waals surface area contributed by atoms with E-state index in [2.05, 4.69) is 5.32 Å². The molecule has 4 rings (SSSR count). The van der Waals surface area contributed by atoms with Crippen LogP contribution >= 0.6 is 0 Å². The van der Waals surface area contributed by atoms with Crippen molar-refractivity contribution >= 4 is 36.5 Å². The molecule has 1 saturated heterocycles. The highest BCUT2D eigenvalue weighted by molar-refractivity contribution is 6.47. The Morgan fingerprint density at radius 3 is 2.65 bits per heavy atom. The van der Waals surface area contributed by atoms with Crippen molar-refractivity contribution < 1.29 is 42.8 Å². The SMILES string of the molecule is CCN1CCN(C(=O)NC(C(=O)C[C@H]2Cc3cccc(C(C)=O)c3OB2O)c2ccc(OCCCN)cc2F)C(=O)C1=O. The fourth-order valence-corrected chi connectivity index (χ4v) is 5.12. The first-order valence-electron chi connectivity index (χ1n) is 14.1. The lowest BCUT2D eigenvalue weighted by atomic mass is 9.64. The van der Waals surface area contributed by atoms with Crippen LogP contribution in [0.1, 0.15) is 54.2 Å². The number of ether oxygens (including phenoxy) is 1. The van der Waals surface area contributed by atoms with Gasteiger partial charge in [0.15, 0.2) is 11.6 Å². The monoisotopic (exact) mass is 596 g/mol. The number of imide groups is 1. The second-order valence-electron chi connectivity index (χ2n) is 10.4. The fourth-order valence-electron chi connectivity index (χ4n) is 5.12. The van der Waals surface area contributed by atoms with Crippen LogP contribution in [0.5, 0.6) is 11.5 Å². The van der Waals surface area contributed by atoms with E-state index in [4.69, 9.17) is 15.1 Å². The van der Waals surface area contributed by atoms with Gasteiger partial charge in [-0.3, -0.25) is 24.1 Å². The Kier molecular flexibility index (Phi) is 10.1. The van der Waals surface area contributed by atoms with Crippen LogP contribution in [-0.2, 0) is 20.8 Å². The molecule has 0 bridgehead atoms. The number of nitrogens with two attached hydrogens (primary N) is 1. The number of amides is 4. The number of hydrogen-bond donors (Lipinski definition) is 3. The molecule has 2 aromatic rings. The number of hydrogen-bond acceptors (Lipinski definition) is 9. The molecule has 2 aromatic carbocycles. The summed E-state index contributed by atoms with van der Waals surface area (Å²) in [7, 11) is -1.46. The van der Waals surface area contributed by atoms with E-state index < -0.39 is 48.4 Å². The average molecular weight is 596 g/mol. The van der Waals surface area contributed by atoms with Crippen molar-refractivity contribution in [1.29, 1.82) is 0 Å². The van der Waals surface area contributed by atoms with Gasteiger partial charge in [-0.2, -0.15) is 0 Å². The van der Waals surface area contributed by atoms with Gasteiger partial charge >= 0.3 is 25.0 Å². The highest BCUT2D eigenvalue weighted by Crippen LogP contribution is 2.37. The molecule has 0 aromatic heterocycles. The number of Topliss-reactive ketones (excluding diaryl/α,β-unsaturated/α-hetero) is 2. The van der Waals surface area contributed by atoms with Crippen LogP contribution in [-0.4, -0.2) is 84.1 Å². The van der Waals surface area contributed by atoms with Crippen LogP contribution in [0.15, 0.2) is 36.4 Å². The van der Waals surface area contributed by atoms with Crippen LogP contribution in [0.25, 0.3) is 0 Å².